The maximum atomic E-state index is 13.4. The first-order valence-corrected chi connectivity index (χ1v) is 8.03. The highest BCUT2D eigenvalue weighted by molar-refractivity contribution is 5.97. The molecule has 2 amide bonds. The summed E-state index contributed by atoms with van der Waals surface area (Å²) >= 11 is 0. The lowest BCUT2D eigenvalue weighted by molar-refractivity contribution is -0.123. The number of methoxy groups -OCH3 is 1. The molecule has 7 heteroatoms. The molecule has 0 aliphatic heterocycles. The Bertz CT molecular complexity index is 779. The first-order chi connectivity index (χ1) is 12.4. The number of halogens is 2. The second-order valence-corrected chi connectivity index (χ2v) is 5.65. The minimum absolute atomic E-state index is 0.127. The van der Waals surface area contributed by atoms with Crippen molar-refractivity contribution in [2.45, 2.75) is 13.3 Å². The normalized spacial score (nSPS) is 10.3. The summed E-state index contributed by atoms with van der Waals surface area (Å²) in [4.78, 5) is 24.9. The summed E-state index contributed by atoms with van der Waals surface area (Å²) in [6.45, 7) is 1.36. The number of carbonyl (C=O) groups excluding carboxylic acids is 2. The standard InChI is InChI=1S/C19H20F2N2O3/c1-13(24)23(15-5-8-17(20)18(21)11-15)12-19(25)22-10-9-14-3-6-16(26-2)7-4-14/h3-8,11H,9-10,12H2,1-2H3,(H,22,25). The fourth-order valence-corrected chi connectivity index (χ4v) is 2.38. The molecule has 0 spiro atoms. The van der Waals surface area contributed by atoms with E-state index in [-0.39, 0.29) is 12.2 Å². The van der Waals surface area contributed by atoms with Crippen LogP contribution in [0.1, 0.15) is 12.5 Å². The van der Waals surface area contributed by atoms with Crippen LogP contribution in [0.25, 0.3) is 0 Å². The Morgan fingerprint density at radius 1 is 1.08 bits per heavy atom. The number of anilines is 1. The third kappa shape index (κ3) is 5.27. The maximum Gasteiger partial charge on any atom is 0.240 e. The average Bonchev–Trinajstić information content (AvgIpc) is 2.62. The molecule has 26 heavy (non-hydrogen) atoms. The smallest absolute Gasteiger partial charge is 0.240 e. The lowest BCUT2D eigenvalue weighted by atomic mass is 10.1. The quantitative estimate of drug-likeness (QED) is 0.824. The summed E-state index contributed by atoms with van der Waals surface area (Å²) < 4.78 is 31.5. The first-order valence-electron chi connectivity index (χ1n) is 8.03. The van der Waals surface area contributed by atoms with Crippen LogP contribution in [0, 0.1) is 11.6 Å². The largest absolute Gasteiger partial charge is 0.497 e. The SMILES string of the molecule is COc1ccc(CCNC(=O)CN(C(C)=O)c2ccc(F)c(F)c2)cc1. The van der Waals surface area contributed by atoms with Crippen molar-refractivity contribution >= 4 is 17.5 Å². The van der Waals surface area contributed by atoms with Crippen molar-refractivity contribution in [2.24, 2.45) is 0 Å². The molecule has 2 rings (SSSR count). The molecule has 5 nitrogen and oxygen atoms in total. The van der Waals surface area contributed by atoms with E-state index in [0.717, 1.165) is 28.3 Å². The average molecular weight is 362 g/mol. The van der Waals surface area contributed by atoms with Gasteiger partial charge in [0.2, 0.25) is 11.8 Å². The summed E-state index contributed by atoms with van der Waals surface area (Å²) in [5.41, 5.74) is 1.15. The van der Waals surface area contributed by atoms with Crippen molar-refractivity contribution in [1.29, 1.82) is 0 Å². The number of hydrogen-bond donors (Lipinski definition) is 1. The van der Waals surface area contributed by atoms with E-state index in [1.807, 2.05) is 24.3 Å². The molecule has 0 unspecified atom stereocenters. The molecule has 2 aromatic carbocycles. The van der Waals surface area contributed by atoms with E-state index in [0.29, 0.717) is 13.0 Å². The van der Waals surface area contributed by atoms with E-state index in [2.05, 4.69) is 5.32 Å². The highest BCUT2D eigenvalue weighted by atomic mass is 19.2. The Kier molecular flexibility index (Phi) is 6.66. The van der Waals surface area contributed by atoms with Crippen LogP contribution in [0.4, 0.5) is 14.5 Å². The van der Waals surface area contributed by atoms with E-state index >= 15 is 0 Å². The van der Waals surface area contributed by atoms with Crippen LogP contribution in [0.3, 0.4) is 0 Å². The number of nitrogens with zero attached hydrogens (tertiary/aromatic N) is 1. The van der Waals surface area contributed by atoms with Crippen LogP contribution < -0.4 is 15.0 Å². The summed E-state index contributed by atoms with van der Waals surface area (Å²) in [7, 11) is 1.59. The molecule has 1 N–H and O–H groups in total. The van der Waals surface area contributed by atoms with Gasteiger partial charge in [0.25, 0.3) is 0 Å². The minimum atomic E-state index is -1.08. The van der Waals surface area contributed by atoms with Gasteiger partial charge in [0.1, 0.15) is 12.3 Å². The molecule has 0 radical (unpaired) electrons. The van der Waals surface area contributed by atoms with Crippen LogP contribution >= 0.6 is 0 Å². The van der Waals surface area contributed by atoms with E-state index in [1.165, 1.54) is 13.0 Å². The van der Waals surface area contributed by atoms with Crippen LogP contribution in [0.15, 0.2) is 42.5 Å². The molecule has 0 saturated heterocycles. The van der Waals surface area contributed by atoms with Crippen molar-refractivity contribution in [3.05, 3.63) is 59.7 Å². The Morgan fingerprint density at radius 2 is 1.77 bits per heavy atom. The molecule has 138 valence electrons. The lowest BCUT2D eigenvalue weighted by Crippen LogP contribution is -2.40. The van der Waals surface area contributed by atoms with Crippen LogP contribution in [-0.4, -0.2) is 32.0 Å². The van der Waals surface area contributed by atoms with E-state index in [9.17, 15) is 18.4 Å². The number of hydrogen-bond acceptors (Lipinski definition) is 3. The zero-order valence-corrected chi connectivity index (χ0v) is 14.6. The van der Waals surface area contributed by atoms with Crippen LogP contribution in [0.2, 0.25) is 0 Å². The van der Waals surface area contributed by atoms with E-state index in [4.69, 9.17) is 4.74 Å². The van der Waals surface area contributed by atoms with Gasteiger partial charge in [0.05, 0.1) is 7.11 Å². The molecule has 0 atom stereocenters. The third-order valence-corrected chi connectivity index (χ3v) is 3.79. The Morgan fingerprint density at radius 3 is 2.35 bits per heavy atom. The first kappa shape index (κ1) is 19.4. The zero-order valence-electron chi connectivity index (χ0n) is 14.6. The van der Waals surface area contributed by atoms with Gasteiger partial charge in [-0.1, -0.05) is 12.1 Å². The number of carbonyl (C=O) groups is 2. The Hall–Kier alpha value is -2.96. The van der Waals surface area contributed by atoms with Gasteiger partial charge in [-0.05, 0) is 36.2 Å². The van der Waals surface area contributed by atoms with Gasteiger partial charge in [-0.3, -0.25) is 9.59 Å². The van der Waals surface area contributed by atoms with Gasteiger partial charge in [-0.2, -0.15) is 0 Å². The van der Waals surface area contributed by atoms with E-state index in [1.54, 1.807) is 7.11 Å². The number of rotatable bonds is 7. The van der Waals surface area contributed by atoms with Gasteiger partial charge < -0.3 is 15.0 Å². The second-order valence-electron chi connectivity index (χ2n) is 5.65. The second kappa shape index (κ2) is 8.94. The van der Waals surface area contributed by atoms with Crippen molar-refractivity contribution in [3.63, 3.8) is 0 Å². The molecule has 2 aromatic rings. The zero-order chi connectivity index (χ0) is 19.1. The monoisotopic (exact) mass is 362 g/mol. The predicted molar refractivity (Wildman–Crippen MR) is 94.1 cm³/mol. The number of amides is 2. The van der Waals surface area contributed by atoms with Crippen molar-refractivity contribution < 1.29 is 23.1 Å². The van der Waals surface area contributed by atoms with Gasteiger partial charge in [-0.25, -0.2) is 8.78 Å². The molecule has 0 fully saturated rings. The molecular weight excluding hydrogens is 342 g/mol. The van der Waals surface area contributed by atoms with Gasteiger partial charge in [0.15, 0.2) is 11.6 Å². The van der Waals surface area contributed by atoms with Crippen molar-refractivity contribution in [3.8, 4) is 5.75 Å². The summed E-state index contributed by atoms with van der Waals surface area (Å²) in [6.07, 6.45) is 0.612. The Labute approximate surface area is 150 Å². The minimum Gasteiger partial charge on any atom is -0.497 e. The van der Waals surface area contributed by atoms with Gasteiger partial charge in [-0.15, -0.1) is 0 Å². The fourth-order valence-electron chi connectivity index (χ4n) is 2.38. The summed E-state index contributed by atoms with van der Waals surface area (Å²) in [6, 6.07) is 10.5. The molecule has 0 heterocycles. The van der Waals surface area contributed by atoms with Crippen LogP contribution in [-0.2, 0) is 16.0 Å². The fraction of sp³-hybridized carbons (Fsp3) is 0.263. The topological polar surface area (TPSA) is 58.6 Å². The lowest BCUT2D eigenvalue weighted by Gasteiger charge is -2.20. The molecular formula is C19H20F2N2O3. The highest BCUT2D eigenvalue weighted by Crippen LogP contribution is 2.18. The van der Waals surface area contributed by atoms with Gasteiger partial charge >= 0.3 is 0 Å². The third-order valence-electron chi connectivity index (χ3n) is 3.79. The van der Waals surface area contributed by atoms with Gasteiger partial charge in [0, 0.05) is 25.2 Å². The summed E-state index contributed by atoms with van der Waals surface area (Å²) in [5, 5.41) is 2.71. The molecule has 0 bridgehead atoms. The molecule has 0 aromatic heterocycles. The summed E-state index contributed by atoms with van der Waals surface area (Å²) in [5.74, 6) is -2.17. The molecule has 0 aliphatic carbocycles. The molecule has 0 aliphatic rings. The highest BCUT2D eigenvalue weighted by Gasteiger charge is 2.17. The van der Waals surface area contributed by atoms with E-state index < -0.39 is 23.4 Å². The Balaban J connectivity index is 1.90. The molecule has 0 saturated carbocycles. The number of nitrogens with one attached hydrogen (secondary N) is 1. The predicted octanol–water partition coefficient (Wildman–Crippen LogP) is 2.69. The number of ether oxygens (including phenoxy) is 1. The number of benzene rings is 2. The van der Waals surface area contributed by atoms with Crippen LogP contribution in [0.5, 0.6) is 5.75 Å². The maximum absolute atomic E-state index is 13.4. The van der Waals surface area contributed by atoms with Crippen molar-refractivity contribution in [1.82, 2.24) is 5.32 Å². The van der Waals surface area contributed by atoms with Crippen molar-refractivity contribution in [2.75, 3.05) is 25.1 Å².